The fourth-order valence-electron chi connectivity index (χ4n) is 4.06. The monoisotopic (exact) mass is 262 g/mol. The first-order chi connectivity index (χ1) is 9.26. The van der Waals surface area contributed by atoms with Gasteiger partial charge in [-0.1, -0.05) is 6.92 Å². The molecule has 2 aliphatic heterocycles. The molecule has 3 unspecified atom stereocenters. The van der Waals surface area contributed by atoms with Crippen molar-refractivity contribution in [3.05, 3.63) is 24.2 Å². The normalized spacial score (nSPS) is 31.8. The highest BCUT2D eigenvalue weighted by Gasteiger charge is 2.36. The molecule has 3 heteroatoms. The quantitative estimate of drug-likeness (QED) is 0.884. The third-order valence-electron chi connectivity index (χ3n) is 4.93. The minimum Gasteiger partial charge on any atom is -0.469 e. The highest BCUT2D eigenvalue weighted by molar-refractivity contribution is 5.02. The average molecular weight is 262 g/mol. The van der Waals surface area contributed by atoms with Crippen molar-refractivity contribution in [3.63, 3.8) is 0 Å². The number of nitrogens with zero attached hydrogens (tertiary/aromatic N) is 1. The highest BCUT2D eigenvalue weighted by Crippen LogP contribution is 2.31. The Labute approximate surface area is 116 Å². The molecule has 1 aromatic heterocycles. The molecule has 1 aromatic rings. The first-order valence-corrected chi connectivity index (χ1v) is 7.80. The number of rotatable bonds is 5. The highest BCUT2D eigenvalue weighted by atomic mass is 16.3. The van der Waals surface area contributed by atoms with E-state index in [0.717, 1.165) is 36.9 Å². The second-order valence-corrected chi connectivity index (χ2v) is 6.23. The molecule has 1 N–H and O–H groups in total. The fraction of sp³-hybridized carbons (Fsp3) is 0.750. The van der Waals surface area contributed by atoms with Gasteiger partial charge in [0.15, 0.2) is 0 Å². The maximum Gasteiger partial charge on any atom is 0.105 e. The lowest BCUT2D eigenvalue weighted by Gasteiger charge is -2.40. The summed E-state index contributed by atoms with van der Waals surface area (Å²) in [4.78, 5) is 2.69. The maximum atomic E-state index is 5.50. The Hall–Kier alpha value is -0.800. The molecule has 0 spiro atoms. The summed E-state index contributed by atoms with van der Waals surface area (Å²) in [6.07, 6.45) is 8.22. The van der Waals surface area contributed by atoms with Gasteiger partial charge in [-0.3, -0.25) is 4.90 Å². The van der Waals surface area contributed by atoms with Gasteiger partial charge in [0.1, 0.15) is 5.76 Å². The molecule has 0 radical (unpaired) electrons. The molecule has 3 heterocycles. The smallest absolute Gasteiger partial charge is 0.105 e. The number of furan rings is 1. The molecule has 0 saturated carbocycles. The Morgan fingerprint density at radius 3 is 2.68 bits per heavy atom. The number of piperidine rings is 1. The van der Waals surface area contributed by atoms with Crippen LogP contribution in [0.2, 0.25) is 0 Å². The van der Waals surface area contributed by atoms with Crippen molar-refractivity contribution in [2.45, 2.75) is 70.1 Å². The number of fused-ring (bicyclic) bond motifs is 2. The summed E-state index contributed by atoms with van der Waals surface area (Å²) in [6.45, 7) is 5.78. The van der Waals surface area contributed by atoms with Crippen LogP contribution < -0.4 is 5.32 Å². The maximum absolute atomic E-state index is 5.50. The van der Waals surface area contributed by atoms with Crippen molar-refractivity contribution in [1.82, 2.24) is 10.2 Å². The van der Waals surface area contributed by atoms with E-state index in [1.807, 2.05) is 6.07 Å². The van der Waals surface area contributed by atoms with Gasteiger partial charge in [0, 0.05) is 30.6 Å². The molecule has 3 atom stereocenters. The van der Waals surface area contributed by atoms with Crippen molar-refractivity contribution in [2.24, 2.45) is 0 Å². The molecule has 2 saturated heterocycles. The summed E-state index contributed by atoms with van der Waals surface area (Å²) in [6, 6.07) is 6.95. The van der Waals surface area contributed by atoms with Crippen LogP contribution in [0.25, 0.3) is 0 Å². The lowest BCUT2D eigenvalue weighted by molar-refractivity contribution is 0.105. The Morgan fingerprint density at radius 2 is 2.11 bits per heavy atom. The van der Waals surface area contributed by atoms with E-state index in [4.69, 9.17) is 4.42 Å². The molecule has 0 aliphatic carbocycles. The molecule has 2 fully saturated rings. The van der Waals surface area contributed by atoms with Crippen LogP contribution in [0.1, 0.15) is 45.3 Å². The zero-order valence-electron chi connectivity index (χ0n) is 12.1. The Balaban J connectivity index is 1.63. The molecular formula is C16H26N2O. The lowest BCUT2D eigenvalue weighted by Crippen LogP contribution is -2.51. The molecule has 0 amide bonds. The standard InChI is InChI=1S/C16H26N2O/c1-3-18(12(2)9-16-5-4-8-19-16)15-10-13-6-7-14(11-15)17-13/h4-5,8,12-15,17H,3,6-7,9-11H2,1-2H3. The van der Waals surface area contributed by atoms with E-state index in [1.54, 1.807) is 6.26 Å². The summed E-state index contributed by atoms with van der Waals surface area (Å²) in [5.41, 5.74) is 0. The van der Waals surface area contributed by atoms with Crippen molar-refractivity contribution >= 4 is 0 Å². The zero-order valence-corrected chi connectivity index (χ0v) is 12.1. The summed E-state index contributed by atoms with van der Waals surface area (Å²) in [7, 11) is 0. The lowest BCUT2D eigenvalue weighted by atomic mass is 9.96. The number of likely N-dealkylation sites (N-methyl/N-ethyl adjacent to an activating group) is 1. The number of hydrogen-bond acceptors (Lipinski definition) is 3. The van der Waals surface area contributed by atoms with Crippen LogP contribution in [-0.2, 0) is 6.42 Å². The predicted octanol–water partition coefficient (Wildman–Crippen LogP) is 2.82. The van der Waals surface area contributed by atoms with E-state index < -0.39 is 0 Å². The van der Waals surface area contributed by atoms with E-state index in [9.17, 15) is 0 Å². The van der Waals surface area contributed by atoms with Crippen LogP contribution in [0.3, 0.4) is 0 Å². The molecule has 2 aliphatic rings. The molecule has 3 nitrogen and oxygen atoms in total. The zero-order chi connectivity index (χ0) is 13.2. The van der Waals surface area contributed by atoms with E-state index in [1.165, 1.54) is 25.7 Å². The Morgan fingerprint density at radius 1 is 1.37 bits per heavy atom. The van der Waals surface area contributed by atoms with E-state index in [-0.39, 0.29) is 0 Å². The van der Waals surface area contributed by atoms with E-state index in [2.05, 4.69) is 30.1 Å². The van der Waals surface area contributed by atoms with Crippen LogP contribution in [0.4, 0.5) is 0 Å². The fourth-order valence-corrected chi connectivity index (χ4v) is 4.06. The van der Waals surface area contributed by atoms with Gasteiger partial charge in [-0.2, -0.15) is 0 Å². The SMILES string of the molecule is CCN(C(C)Cc1ccco1)C1CC2CCC(C1)N2. The van der Waals surface area contributed by atoms with Gasteiger partial charge in [-0.05, 0) is 51.3 Å². The third kappa shape index (κ3) is 2.87. The second-order valence-electron chi connectivity index (χ2n) is 6.23. The number of hydrogen-bond donors (Lipinski definition) is 1. The van der Waals surface area contributed by atoms with Crippen molar-refractivity contribution in [3.8, 4) is 0 Å². The summed E-state index contributed by atoms with van der Waals surface area (Å²) in [5.74, 6) is 1.11. The van der Waals surface area contributed by atoms with Gasteiger partial charge in [0.2, 0.25) is 0 Å². The van der Waals surface area contributed by atoms with E-state index in [0.29, 0.717) is 6.04 Å². The average Bonchev–Trinajstić information content (AvgIpc) is 3.00. The predicted molar refractivity (Wildman–Crippen MR) is 77.2 cm³/mol. The van der Waals surface area contributed by atoms with E-state index >= 15 is 0 Å². The van der Waals surface area contributed by atoms with Gasteiger partial charge in [-0.25, -0.2) is 0 Å². The molecular weight excluding hydrogens is 236 g/mol. The van der Waals surface area contributed by atoms with Crippen LogP contribution in [0.5, 0.6) is 0 Å². The van der Waals surface area contributed by atoms with Gasteiger partial charge >= 0.3 is 0 Å². The van der Waals surface area contributed by atoms with Crippen molar-refractivity contribution in [2.75, 3.05) is 6.54 Å². The summed E-state index contributed by atoms with van der Waals surface area (Å²) in [5, 5.41) is 3.74. The third-order valence-corrected chi connectivity index (χ3v) is 4.93. The largest absolute Gasteiger partial charge is 0.469 e. The second kappa shape index (κ2) is 5.68. The van der Waals surface area contributed by atoms with Crippen molar-refractivity contribution in [1.29, 1.82) is 0 Å². The Kier molecular flexibility index (Phi) is 3.94. The van der Waals surface area contributed by atoms with Gasteiger partial charge in [-0.15, -0.1) is 0 Å². The molecule has 0 aromatic carbocycles. The van der Waals surface area contributed by atoms with Crippen LogP contribution in [0, 0.1) is 0 Å². The Bertz CT molecular complexity index is 377. The van der Waals surface area contributed by atoms with Gasteiger partial charge in [0.05, 0.1) is 6.26 Å². The van der Waals surface area contributed by atoms with Gasteiger partial charge < -0.3 is 9.73 Å². The van der Waals surface area contributed by atoms with Crippen molar-refractivity contribution < 1.29 is 4.42 Å². The summed E-state index contributed by atoms with van der Waals surface area (Å²) < 4.78 is 5.50. The first kappa shape index (κ1) is 13.2. The molecule has 19 heavy (non-hydrogen) atoms. The van der Waals surface area contributed by atoms with Crippen LogP contribution in [-0.4, -0.2) is 35.6 Å². The first-order valence-electron chi connectivity index (χ1n) is 7.80. The molecule has 3 rings (SSSR count). The minimum atomic E-state index is 0.568. The summed E-state index contributed by atoms with van der Waals surface area (Å²) >= 11 is 0. The molecule has 106 valence electrons. The van der Waals surface area contributed by atoms with Gasteiger partial charge in [0.25, 0.3) is 0 Å². The van der Waals surface area contributed by atoms with Crippen LogP contribution in [0.15, 0.2) is 22.8 Å². The minimum absolute atomic E-state index is 0.568. The van der Waals surface area contributed by atoms with Crippen LogP contribution >= 0.6 is 0 Å². The topological polar surface area (TPSA) is 28.4 Å². The number of nitrogens with one attached hydrogen (secondary N) is 1. The molecule has 2 bridgehead atoms.